The smallest absolute Gasteiger partial charge is 0.0573 e. The first kappa shape index (κ1) is 12.2. The second kappa shape index (κ2) is 5.02. The molecular weight excluding hydrogens is 234 g/mol. The van der Waals surface area contributed by atoms with Gasteiger partial charge in [-0.25, -0.2) is 0 Å². The number of hydrogen-bond acceptors (Lipinski definition) is 3. The lowest BCUT2D eigenvalue weighted by Crippen LogP contribution is -2.31. The highest BCUT2D eigenvalue weighted by Crippen LogP contribution is 2.25. The van der Waals surface area contributed by atoms with Gasteiger partial charge in [0.15, 0.2) is 0 Å². The van der Waals surface area contributed by atoms with E-state index < -0.39 is 0 Å². The summed E-state index contributed by atoms with van der Waals surface area (Å²) in [5.41, 5.74) is 12.1. The van der Waals surface area contributed by atoms with Crippen LogP contribution in [0.4, 0.5) is 5.69 Å². The van der Waals surface area contributed by atoms with Gasteiger partial charge in [0, 0.05) is 31.5 Å². The summed E-state index contributed by atoms with van der Waals surface area (Å²) in [4.78, 5) is 6.92. The van der Waals surface area contributed by atoms with Gasteiger partial charge in [0.05, 0.1) is 5.69 Å². The SMILES string of the molecule is Cc1cccnc1CN1CCc2c(N)cccc2C1. The minimum absolute atomic E-state index is 0.918. The van der Waals surface area contributed by atoms with Crippen molar-refractivity contribution in [3.8, 4) is 0 Å². The molecule has 3 heteroatoms. The molecule has 1 aromatic heterocycles. The Balaban J connectivity index is 1.78. The number of rotatable bonds is 2. The van der Waals surface area contributed by atoms with Crippen LogP contribution in [0.5, 0.6) is 0 Å². The Morgan fingerprint density at radius 2 is 2.16 bits per heavy atom. The van der Waals surface area contributed by atoms with Gasteiger partial charge in [-0.3, -0.25) is 9.88 Å². The molecule has 0 saturated heterocycles. The Hall–Kier alpha value is -1.87. The van der Waals surface area contributed by atoms with Crippen LogP contribution < -0.4 is 5.73 Å². The van der Waals surface area contributed by atoms with Crippen molar-refractivity contribution in [2.45, 2.75) is 26.4 Å². The molecule has 19 heavy (non-hydrogen) atoms. The molecule has 0 atom stereocenters. The standard InChI is InChI=1S/C16H19N3/c1-12-4-3-8-18-16(12)11-19-9-7-14-13(10-19)5-2-6-15(14)17/h2-6,8H,7,9-11,17H2,1H3. The van der Waals surface area contributed by atoms with Gasteiger partial charge in [-0.15, -0.1) is 0 Å². The van der Waals surface area contributed by atoms with Crippen molar-refractivity contribution in [3.63, 3.8) is 0 Å². The molecule has 2 N–H and O–H groups in total. The fraction of sp³-hybridized carbons (Fsp3) is 0.312. The van der Waals surface area contributed by atoms with E-state index in [9.17, 15) is 0 Å². The van der Waals surface area contributed by atoms with Gasteiger partial charge in [0.1, 0.15) is 0 Å². The summed E-state index contributed by atoms with van der Waals surface area (Å²) in [5.74, 6) is 0. The zero-order valence-corrected chi connectivity index (χ0v) is 11.3. The van der Waals surface area contributed by atoms with Crippen molar-refractivity contribution in [1.29, 1.82) is 0 Å². The number of hydrogen-bond donors (Lipinski definition) is 1. The maximum absolute atomic E-state index is 6.03. The summed E-state index contributed by atoms with van der Waals surface area (Å²) in [6, 6.07) is 10.3. The maximum Gasteiger partial charge on any atom is 0.0573 e. The molecule has 0 saturated carbocycles. The number of nitrogen functional groups attached to an aromatic ring is 1. The van der Waals surface area contributed by atoms with E-state index >= 15 is 0 Å². The molecule has 0 spiro atoms. The van der Waals surface area contributed by atoms with E-state index in [1.165, 1.54) is 22.4 Å². The Kier molecular flexibility index (Phi) is 3.22. The van der Waals surface area contributed by atoms with E-state index in [1.54, 1.807) is 0 Å². The highest BCUT2D eigenvalue weighted by Gasteiger charge is 2.18. The molecule has 0 aliphatic carbocycles. The molecule has 3 rings (SSSR count). The Morgan fingerprint density at radius 3 is 3.00 bits per heavy atom. The van der Waals surface area contributed by atoms with E-state index in [1.807, 2.05) is 24.4 Å². The molecule has 0 bridgehead atoms. The fourth-order valence-corrected chi connectivity index (χ4v) is 2.73. The normalized spacial score (nSPS) is 15.2. The van der Waals surface area contributed by atoms with Gasteiger partial charge in [0.2, 0.25) is 0 Å². The van der Waals surface area contributed by atoms with Gasteiger partial charge >= 0.3 is 0 Å². The van der Waals surface area contributed by atoms with E-state index in [-0.39, 0.29) is 0 Å². The molecule has 2 heterocycles. The average molecular weight is 253 g/mol. The molecular formula is C16H19N3. The quantitative estimate of drug-likeness (QED) is 0.836. The van der Waals surface area contributed by atoms with E-state index in [2.05, 4.69) is 28.9 Å². The summed E-state index contributed by atoms with van der Waals surface area (Å²) in [5, 5.41) is 0. The number of anilines is 1. The summed E-state index contributed by atoms with van der Waals surface area (Å²) in [6.07, 6.45) is 2.91. The average Bonchev–Trinajstić information content (AvgIpc) is 2.42. The molecule has 0 unspecified atom stereocenters. The molecule has 0 amide bonds. The second-order valence-electron chi connectivity index (χ2n) is 5.21. The van der Waals surface area contributed by atoms with Gasteiger partial charge in [0.25, 0.3) is 0 Å². The molecule has 1 aromatic carbocycles. The van der Waals surface area contributed by atoms with Crippen LogP contribution in [-0.4, -0.2) is 16.4 Å². The first-order chi connectivity index (χ1) is 9.24. The summed E-state index contributed by atoms with van der Waals surface area (Å²) in [7, 11) is 0. The minimum Gasteiger partial charge on any atom is -0.398 e. The monoisotopic (exact) mass is 253 g/mol. The van der Waals surface area contributed by atoms with E-state index in [0.29, 0.717) is 0 Å². The van der Waals surface area contributed by atoms with Gasteiger partial charge in [-0.05, 0) is 42.2 Å². The lowest BCUT2D eigenvalue weighted by atomic mass is 9.98. The number of aromatic nitrogens is 1. The zero-order valence-electron chi connectivity index (χ0n) is 11.3. The lowest BCUT2D eigenvalue weighted by molar-refractivity contribution is 0.242. The highest BCUT2D eigenvalue weighted by molar-refractivity contribution is 5.51. The zero-order chi connectivity index (χ0) is 13.2. The second-order valence-corrected chi connectivity index (χ2v) is 5.21. The number of nitrogens with two attached hydrogens (primary N) is 1. The summed E-state index contributed by atoms with van der Waals surface area (Å²) >= 11 is 0. The third-order valence-corrected chi connectivity index (χ3v) is 3.87. The molecule has 3 nitrogen and oxygen atoms in total. The summed E-state index contributed by atoms with van der Waals surface area (Å²) < 4.78 is 0. The van der Waals surface area contributed by atoms with Crippen LogP contribution in [0, 0.1) is 6.92 Å². The Labute approximate surface area is 114 Å². The van der Waals surface area contributed by atoms with Crippen molar-refractivity contribution in [2.24, 2.45) is 0 Å². The van der Waals surface area contributed by atoms with Crippen LogP contribution >= 0.6 is 0 Å². The molecule has 1 aliphatic heterocycles. The van der Waals surface area contributed by atoms with Crippen molar-refractivity contribution in [1.82, 2.24) is 9.88 Å². The molecule has 2 aromatic rings. The van der Waals surface area contributed by atoms with Crippen LogP contribution in [0.3, 0.4) is 0 Å². The fourth-order valence-electron chi connectivity index (χ4n) is 2.73. The maximum atomic E-state index is 6.03. The van der Waals surface area contributed by atoms with Crippen molar-refractivity contribution < 1.29 is 0 Å². The van der Waals surface area contributed by atoms with Crippen molar-refractivity contribution in [2.75, 3.05) is 12.3 Å². The Morgan fingerprint density at radius 1 is 1.26 bits per heavy atom. The third-order valence-electron chi connectivity index (χ3n) is 3.87. The van der Waals surface area contributed by atoms with Crippen LogP contribution in [0.2, 0.25) is 0 Å². The number of nitrogens with zero attached hydrogens (tertiary/aromatic N) is 2. The first-order valence-corrected chi connectivity index (χ1v) is 6.73. The predicted molar refractivity (Wildman–Crippen MR) is 77.6 cm³/mol. The third kappa shape index (κ3) is 2.47. The molecule has 1 aliphatic rings. The Bertz CT molecular complexity index is 592. The van der Waals surface area contributed by atoms with Crippen molar-refractivity contribution in [3.05, 3.63) is 58.9 Å². The van der Waals surface area contributed by atoms with Crippen molar-refractivity contribution >= 4 is 5.69 Å². The van der Waals surface area contributed by atoms with E-state index in [0.717, 1.165) is 31.7 Å². The van der Waals surface area contributed by atoms with Crippen LogP contribution in [-0.2, 0) is 19.5 Å². The van der Waals surface area contributed by atoms with E-state index in [4.69, 9.17) is 5.73 Å². The van der Waals surface area contributed by atoms with Gasteiger partial charge in [-0.2, -0.15) is 0 Å². The largest absolute Gasteiger partial charge is 0.398 e. The van der Waals surface area contributed by atoms with Gasteiger partial charge in [-0.1, -0.05) is 18.2 Å². The minimum atomic E-state index is 0.918. The molecule has 0 radical (unpaired) electrons. The summed E-state index contributed by atoms with van der Waals surface area (Å²) in [6.45, 7) is 5.06. The molecule has 98 valence electrons. The predicted octanol–water partition coefficient (Wildman–Crippen LogP) is 2.53. The number of fused-ring (bicyclic) bond motifs is 1. The lowest BCUT2D eigenvalue weighted by Gasteiger charge is -2.29. The van der Waals surface area contributed by atoms with Gasteiger partial charge < -0.3 is 5.73 Å². The number of pyridine rings is 1. The first-order valence-electron chi connectivity index (χ1n) is 6.73. The number of aryl methyl sites for hydroxylation is 1. The van der Waals surface area contributed by atoms with Crippen LogP contribution in [0.15, 0.2) is 36.5 Å². The topological polar surface area (TPSA) is 42.2 Å². The molecule has 0 fully saturated rings. The van der Waals surface area contributed by atoms with Crippen LogP contribution in [0.25, 0.3) is 0 Å². The number of benzene rings is 1. The highest BCUT2D eigenvalue weighted by atomic mass is 15.1. The van der Waals surface area contributed by atoms with Crippen LogP contribution in [0.1, 0.15) is 22.4 Å².